The number of carbonyl (C=O) groups is 1. The zero-order valence-corrected chi connectivity index (χ0v) is 13.3. The molecule has 0 radical (unpaired) electrons. The van der Waals surface area contributed by atoms with Gasteiger partial charge in [0.2, 0.25) is 5.91 Å². The lowest BCUT2D eigenvalue weighted by atomic mass is 9.95. The van der Waals surface area contributed by atoms with Crippen LogP contribution in [0.4, 0.5) is 4.39 Å². The Kier molecular flexibility index (Phi) is 5.06. The molecule has 3 rings (SSSR count). The molecule has 1 aliphatic rings. The average Bonchev–Trinajstić information content (AvgIpc) is 3.02. The van der Waals surface area contributed by atoms with Crippen LogP contribution in [-0.4, -0.2) is 24.2 Å². The van der Waals surface area contributed by atoms with Gasteiger partial charge in [0.05, 0.1) is 0 Å². The maximum absolute atomic E-state index is 14.5. The predicted octanol–water partition coefficient (Wildman–Crippen LogP) is 3.49. The van der Waals surface area contributed by atoms with Crippen LogP contribution >= 0.6 is 0 Å². The van der Waals surface area contributed by atoms with Crippen molar-refractivity contribution >= 4 is 12.0 Å². The third kappa shape index (κ3) is 3.71. The second-order valence-electron chi connectivity index (χ2n) is 5.98. The van der Waals surface area contributed by atoms with Crippen LogP contribution in [0.2, 0.25) is 0 Å². The molecule has 1 saturated heterocycles. The predicted molar refractivity (Wildman–Crippen MR) is 92.9 cm³/mol. The Morgan fingerprint density at radius 1 is 1.21 bits per heavy atom. The molecule has 124 valence electrons. The Morgan fingerprint density at radius 3 is 2.62 bits per heavy atom. The highest BCUT2D eigenvalue weighted by Gasteiger charge is 2.23. The average molecular weight is 325 g/mol. The summed E-state index contributed by atoms with van der Waals surface area (Å²) in [6, 6.07) is 12.8. The van der Waals surface area contributed by atoms with Crippen molar-refractivity contribution in [1.82, 2.24) is 5.32 Å². The molecule has 0 bridgehead atoms. The molecule has 1 fully saturated rings. The van der Waals surface area contributed by atoms with Crippen LogP contribution in [0.15, 0.2) is 48.5 Å². The number of rotatable bonds is 5. The molecule has 1 heterocycles. The van der Waals surface area contributed by atoms with Crippen LogP contribution in [0, 0.1) is 5.82 Å². The molecule has 2 aromatic carbocycles. The molecular formula is C20H20FNO2. The number of amides is 1. The van der Waals surface area contributed by atoms with Crippen molar-refractivity contribution in [2.45, 2.75) is 18.8 Å². The molecule has 1 amide bonds. The van der Waals surface area contributed by atoms with E-state index in [1.54, 1.807) is 6.07 Å². The quantitative estimate of drug-likeness (QED) is 0.884. The fourth-order valence-electron chi connectivity index (χ4n) is 2.93. The van der Waals surface area contributed by atoms with Crippen molar-refractivity contribution in [2.75, 3.05) is 13.2 Å². The summed E-state index contributed by atoms with van der Waals surface area (Å²) in [6.45, 7) is 0.709. The van der Waals surface area contributed by atoms with Crippen LogP contribution in [-0.2, 0) is 4.79 Å². The van der Waals surface area contributed by atoms with Crippen LogP contribution in [0.3, 0.4) is 0 Å². The highest BCUT2D eigenvalue weighted by molar-refractivity contribution is 5.79. The largest absolute Gasteiger partial charge is 0.396 e. The summed E-state index contributed by atoms with van der Waals surface area (Å²) in [5, 5.41) is 11.5. The SMILES string of the molecule is O=C1CC(c2ccc(-c3ccc(/C=C/CCO)cc3)c(F)c2)CN1. The minimum absolute atomic E-state index is 0.0225. The van der Waals surface area contributed by atoms with Gasteiger partial charge in [0.15, 0.2) is 0 Å². The second-order valence-corrected chi connectivity index (χ2v) is 5.98. The first-order valence-electron chi connectivity index (χ1n) is 8.11. The molecule has 0 saturated carbocycles. The molecule has 1 atom stereocenters. The van der Waals surface area contributed by atoms with Crippen molar-refractivity contribution in [3.8, 4) is 11.1 Å². The molecule has 0 aromatic heterocycles. The maximum Gasteiger partial charge on any atom is 0.220 e. The van der Waals surface area contributed by atoms with Gasteiger partial charge >= 0.3 is 0 Å². The summed E-state index contributed by atoms with van der Waals surface area (Å²) < 4.78 is 14.5. The van der Waals surface area contributed by atoms with E-state index < -0.39 is 0 Å². The van der Waals surface area contributed by atoms with Crippen molar-refractivity contribution in [2.24, 2.45) is 0 Å². The van der Waals surface area contributed by atoms with Crippen LogP contribution < -0.4 is 5.32 Å². The van der Waals surface area contributed by atoms with E-state index in [1.165, 1.54) is 6.07 Å². The molecule has 1 unspecified atom stereocenters. The highest BCUT2D eigenvalue weighted by atomic mass is 19.1. The molecular weight excluding hydrogens is 305 g/mol. The summed E-state index contributed by atoms with van der Waals surface area (Å²) in [5.41, 5.74) is 3.25. The Morgan fingerprint density at radius 2 is 2.00 bits per heavy atom. The van der Waals surface area contributed by atoms with Gasteiger partial charge in [0.25, 0.3) is 0 Å². The van der Waals surface area contributed by atoms with Gasteiger partial charge in [-0.3, -0.25) is 4.79 Å². The normalized spacial score (nSPS) is 17.4. The van der Waals surface area contributed by atoms with E-state index >= 15 is 0 Å². The monoisotopic (exact) mass is 325 g/mol. The molecule has 1 aliphatic heterocycles. The highest BCUT2D eigenvalue weighted by Crippen LogP contribution is 2.29. The summed E-state index contributed by atoms with van der Waals surface area (Å²) in [4.78, 5) is 11.3. The fourth-order valence-corrected chi connectivity index (χ4v) is 2.93. The Labute approximate surface area is 140 Å². The fraction of sp³-hybridized carbons (Fsp3) is 0.250. The van der Waals surface area contributed by atoms with Gasteiger partial charge in [-0.25, -0.2) is 4.39 Å². The van der Waals surface area contributed by atoms with Gasteiger partial charge in [-0.2, -0.15) is 0 Å². The Bertz CT molecular complexity index is 753. The maximum atomic E-state index is 14.5. The van der Waals surface area contributed by atoms with E-state index in [9.17, 15) is 9.18 Å². The van der Waals surface area contributed by atoms with E-state index in [4.69, 9.17) is 5.11 Å². The van der Waals surface area contributed by atoms with E-state index in [-0.39, 0.29) is 24.2 Å². The number of aliphatic hydroxyl groups is 1. The van der Waals surface area contributed by atoms with Gasteiger partial charge in [-0.15, -0.1) is 0 Å². The van der Waals surface area contributed by atoms with Crippen molar-refractivity contribution in [1.29, 1.82) is 0 Å². The number of halogens is 1. The Hall–Kier alpha value is -2.46. The second kappa shape index (κ2) is 7.41. The van der Waals surface area contributed by atoms with E-state index in [0.29, 0.717) is 24.9 Å². The number of carbonyl (C=O) groups excluding carboxylic acids is 1. The molecule has 2 aromatic rings. The zero-order chi connectivity index (χ0) is 16.9. The van der Waals surface area contributed by atoms with E-state index in [1.807, 2.05) is 42.5 Å². The smallest absolute Gasteiger partial charge is 0.220 e. The molecule has 4 heteroatoms. The summed E-state index contributed by atoms with van der Waals surface area (Å²) in [7, 11) is 0. The van der Waals surface area contributed by atoms with Gasteiger partial charge in [0.1, 0.15) is 5.82 Å². The van der Waals surface area contributed by atoms with Gasteiger partial charge in [0, 0.05) is 31.1 Å². The van der Waals surface area contributed by atoms with E-state index in [2.05, 4.69) is 5.32 Å². The summed E-state index contributed by atoms with van der Waals surface area (Å²) in [6.07, 6.45) is 4.88. The van der Waals surface area contributed by atoms with Crippen molar-refractivity contribution < 1.29 is 14.3 Å². The summed E-state index contributed by atoms with van der Waals surface area (Å²) >= 11 is 0. The minimum Gasteiger partial charge on any atom is -0.396 e. The molecule has 0 spiro atoms. The molecule has 2 N–H and O–H groups in total. The lowest BCUT2D eigenvalue weighted by Gasteiger charge is -2.10. The summed E-state index contributed by atoms with van der Waals surface area (Å²) in [5.74, 6) is -0.190. The number of benzene rings is 2. The van der Waals surface area contributed by atoms with Gasteiger partial charge < -0.3 is 10.4 Å². The lowest BCUT2D eigenvalue weighted by molar-refractivity contribution is -0.119. The number of hydrogen-bond acceptors (Lipinski definition) is 2. The number of aliphatic hydroxyl groups excluding tert-OH is 1. The third-order valence-corrected chi connectivity index (χ3v) is 4.27. The van der Waals surface area contributed by atoms with E-state index in [0.717, 1.165) is 16.7 Å². The van der Waals surface area contributed by atoms with Crippen LogP contribution in [0.5, 0.6) is 0 Å². The van der Waals surface area contributed by atoms with Gasteiger partial charge in [-0.1, -0.05) is 48.6 Å². The zero-order valence-electron chi connectivity index (χ0n) is 13.3. The molecule has 3 nitrogen and oxygen atoms in total. The first-order valence-corrected chi connectivity index (χ1v) is 8.11. The minimum atomic E-state index is -0.268. The molecule has 0 aliphatic carbocycles. The lowest BCUT2D eigenvalue weighted by Crippen LogP contribution is -2.13. The van der Waals surface area contributed by atoms with Crippen molar-refractivity contribution in [3.63, 3.8) is 0 Å². The third-order valence-electron chi connectivity index (χ3n) is 4.27. The van der Waals surface area contributed by atoms with Crippen LogP contribution in [0.25, 0.3) is 17.2 Å². The van der Waals surface area contributed by atoms with Crippen molar-refractivity contribution in [3.05, 3.63) is 65.5 Å². The van der Waals surface area contributed by atoms with Gasteiger partial charge in [-0.05, 0) is 29.2 Å². The first-order chi connectivity index (χ1) is 11.7. The standard InChI is InChI=1S/C20H20FNO2/c21-19-11-16(17-12-20(24)22-13-17)8-9-18(19)15-6-4-14(5-7-15)3-1-2-10-23/h1,3-9,11,17,23H,2,10,12-13H2,(H,22,24)/b3-1+. The molecule has 24 heavy (non-hydrogen) atoms. The number of nitrogens with one attached hydrogen (secondary N) is 1. The Balaban J connectivity index is 1.78. The van der Waals surface area contributed by atoms with Crippen LogP contribution in [0.1, 0.15) is 29.9 Å². The number of hydrogen-bond donors (Lipinski definition) is 2. The topological polar surface area (TPSA) is 49.3 Å². The first kappa shape index (κ1) is 16.4.